The highest BCUT2D eigenvalue weighted by Crippen LogP contribution is 2.30. The molecule has 1 aliphatic rings. The summed E-state index contributed by atoms with van der Waals surface area (Å²) in [6.45, 7) is -0.408. The number of aliphatic hydroxyl groups excluding tert-OH is 4. The highest BCUT2D eigenvalue weighted by molar-refractivity contribution is 5.18. The van der Waals surface area contributed by atoms with Crippen molar-refractivity contribution in [1.29, 1.82) is 0 Å². The zero-order valence-corrected chi connectivity index (χ0v) is 9.88. The average Bonchev–Trinajstić information content (AvgIpc) is 2.51. The summed E-state index contributed by atoms with van der Waals surface area (Å²) >= 11 is 0. The molecule has 1 aromatic rings. The van der Waals surface area contributed by atoms with E-state index in [1.165, 1.54) is 0 Å². The predicted molar refractivity (Wildman–Crippen MR) is 63.8 cm³/mol. The van der Waals surface area contributed by atoms with Crippen LogP contribution in [0.15, 0.2) is 30.3 Å². The van der Waals surface area contributed by atoms with Crippen LogP contribution in [0, 0.1) is 0 Å². The van der Waals surface area contributed by atoms with E-state index in [1.807, 2.05) is 30.3 Å². The number of benzene rings is 1. The Bertz CT molecular complexity index is 369. The molecule has 1 fully saturated rings. The maximum Gasteiger partial charge on any atom is 0.111 e. The topological polar surface area (TPSA) is 90.2 Å². The fraction of sp³-hybridized carbons (Fsp3) is 0.538. The maximum absolute atomic E-state index is 9.80. The third-order valence-electron chi connectivity index (χ3n) is 3.27. The predicted octanol–water partition coefficient (Wildman–Crippen LogP) is -0.408. The fourth-order valence-corrected chi connectivity index (χ4v) is 2.19. The second-order valence-electron chi connectivity index (χ2n) is 4.54. The SMILES string of the molecule is OC[C@H]1OC(c2ccccc2)C[C@H](O)[C@@H](O)[C@@H]1O. The van der Waals surface area contributed by atoms with Crippen LogP contribution >= 0.6 is 0 Å². The van der Waals surface area contributed by atoms with Gasteiger partial charge in [-0.1, -0.05) is 30.3 Å². The molecule has 2 rings (SSSR count). The third-order valence-corrected chi connectivity index (χ3v) is 3.27. The number of aliphatic hydroxyl groups is 4. The molecule has 1 aromatic carbocycles. The van der Waals surface area contributed by atoms with Gasteiger partial charge in [0.25, 0.3) is 0 Å². The van der Waals surface area contributed by atoms with E-state index in [9.17, 15) is 20.4 Å². The van der Waals surface area contributed by atoms with Gasteiger partial charge >= 0.3 is 0 Å². The summed E-state index contributed by atoms with van der Waals surface area (Å²) in [5.74, 6) is 0. The zero-order valence-electron chi connectivity index (χ0n) is 9.88. The first-order valence-corrected chi connectivity index (χ1v) is 5.99. The van der Waals surface area contributed by atoms with Crippen molar-refractivity contribution in [3.05, 3.63) is 35.9 Å². The van der Waals surface area contributed by atoms with Gasteiger partial charge < -0.3 is 25.2 Å². The molecule has 1 heterocycles. The number of rotatable bonds is 2. The highest BCUT2D eigenvalue weighted by Gasteiger charge is 2.38. The lowest BCUT2D eigenvalue weighted by Gasteiger charge is -2.24. The molecule has 0 spiro atoms. The first-order valence-electron chi connectivity index (χ1n) is 5.99. The second-order valence-corrected chi connectivity index (χ2v) is 4.54. The van der Waals surface area contributed by atoms with Crippen LogP contribution < -0.4 is 0 Å². The van der Waals surface area contributed by atoms with E-state index >= 15 is 0 Å². The highest BCUT2D eigenvalue weighted by atomic mass is 16.5. The quantitative estimate of drug-likeness (QED) is 0.576. The normalized spacial score (nSPS) is 37.2. The van der Waals surface area contributed by atoms with Gasteiger partial charge in [-0.15, -0.1) is 0 Å². The summed E-state index contributed by atoms with van der Waals surface area (Å²) in [6, 6.07) is 9.24. The second kappa shape index (κ2) is 5.77. The number of hydrogen-bond donors (Lipinski definition) is 4. The summed E-state index contributed by atoms with van der Waals surface area (Å²) < 4.78 is 5.58. The van der Waals surface area contributed by atoms with Crippen molar-refractivity contribution in [3.8, 4) is 0 Å². The van der Waals surface area contributed by atoms with Crippen molar-refractivity contribution in [1.82, 2.24) is 0 Å². The molecule has 1 unspecified atom stereocenters. The Balaban J connectivity index is 2.22. The molecule has 0 bridgehead atoms. The Labute approximate surface area is 105 Å². The van der Waals surface area contributed by atoms with Crippen LogP contribution in [-0.4, -0.2) is 51.4 Å². The first kappa shape index (κ1) is 13.5. The smallest absolute Gasteiger partial charge is 0.111 e. The summed E-state index contributed by atoms with van der Waals surface area (Å²) in [7, 11) is 0. The first-order chi connectivity index (χ1) is 8.63. The van der Waals surface area contributed by atoms with Gasteiger partial charge in [-0.3, -0.25) is 0 Å². The van der Waals surface area contributed by atoms with Crippen molar-refractivity contribution in [2.45, 2.75) is 36.9 Å². The average molecular weight is 254 g/mol. The lowest BCUT2D eigenvalue weighted by atomic mass is 9.99. The molecule has 0 aromatic heterocycles. The van der Waals surface area contributed by atoms with E-state index in [-0.39, 0.29) is 6.42 Å². The Morgan fingerprint density at radius 1 is 1.06 bits per heavy atom. The van der Waals surface area contributed by atoms with Gasteiger partial charge in [0.1, 0.15) is 18.3 Å². The lowest BCUT2D eigenvalue weighted by Crippen LogP contribution is -2.44. The zero-order chi connectivity index (χ0) is 13.1. The van der Waals surface area contributed by atoms with Crippen molar-refractivity contribution < 1.29 is 25.2 Å². The minimum atomic E-state index is -1.31. The molecule has 0 aliphatic carbocycles. The van der Waals surface area contributed by atoms with Crippen molar-refractivity contribution in [2.75, 3.05) is 6.61 Å². The molecular weight excluding hydrogens is 236 g/mol. The van der Waals surface area contributed by atoms with Crippen LogP contribution in [0.25, 0.3) is 0 Å². The van der Waals surface area contributed by atoms with E-state index in [0.717, 1.165) is 5.56 Å². The van der Waals surface area contributed by atoms with Crippen LogP contribution in [0.3, 0.4) is 0 Å². The fourth-order valence-electron chi connectivity index (χ4n) is 2.19. The van der Waals surface area contributed by atoms with Crippen LogP contribution in [0.5, 0.6) is 0 Å². The third kappa shape index (κ3) is 2.71. The molecule has 5 heteroatoms. The minimum Gasteiger partial charge on any atom is -0.394 e. The number of ether oxygens (including phenoxy) is 1. The van der Waals surface area contributed by atoms with Gasteiger partial charge in [0.2, 0.25) is 0 Å². The van der Waals surface area contributed by atoms with Gasteiger partial charge in [0.05, 0.1) is 18.8 Å². The Morgan fingerprint density at radius 2 is 1.72 bits per heavy atom. The molecule has 18 heavy (non-hydrogen) atoms. The summed E-state index contributed by atoms with van der Waals surface area (Å²) in [5.41, 5.74) is 0.844. The molecule has 0 radical (unpaired) electrons. The monoisotopic (exact) mass is 254 g/mol. The summed E-state index contributed by atoms with van der Waals surface area (Å²) in [4.78, 5) is 0. The Hall–Kier alpha value is -0.980. The van der Waals surface area contributed by atoms with Gasteiger partial charge in [-0.2, -0.15) is 0 Å². The summed E-state index contributed by atoms with van der Waals surface area (Å²) in [6.07, 6.45) is -4.86. The molecule has 0 amide bonds. The van der Waals surface area contributed by atoms with E-state index in [1.54, 1.807) is 0 Å². The maximum atomic E-state index is 9.80. The molecule has 1 aliphatic heterocycles. The van der Waals surface area contributed by atoms with Crippen molar-refractivity contribution >= 4 is 0 Å². The largest absolute Gasteiger partial charge is 0.394 e. The van der Waals surface area contributed by atoms with Gasteiger partial charge in [-0.05, 0) is 5.56 Å². The van der Waals surface area contributed by atoms with Crippen LogP contribution in [0.4, 0.5) is 0 Å². The van der Waals surface area contributed by atoms with Crippen molar-refractivity contribution in [2.24, 2.45) is 0 Å². The summed E-state index contributed by atoms with van der Waals surface area (Å²) in [5, 5.41) is 38.4. The van der Waals surface area contributed by atoms with Crippen LogP contribution in [-0.2, 0) is 4.74 Å². The lowest BCUT2D eigenvalue weighted by molar-refractivity contribution is -0.119. The van der Waals surface area contributed by atoms with E-state index in [0.29, 0.717) is 0 Å². The molecule has 5 nitrogen and oxygen atoms in total. The molecule has 5 atom stereocenters. The van der Waals surface area contributed by atoms with Gasteiger partial charge in [0, 0.05) is 6.42 Å². The molecular formula is C13H18O5. The van der Waals surface area contributed by atoms with Gasteiger partial charge in [0.15, 0.2) is 0 Å². The minimum absolute atomic E-state index is 0.179. The molecule has 1 saturated heterocycles. The molecule has 100 valence electrons. The number of hydrogen-bond acceptors (Lipinski definition) is 5. The Kier molecular flexibility index (Phi) is 4.31. The molecule has 0 saturated carbocycles. The van der Waals surface area contributed by atoms with Crippen LogP contribution in [0.2, 0.25) is 0 Å². The van der Waals surface area contributed by atoms with E-state index in [2.05, 4.69) is 0 Å². The van der Waals surface area contributed by atoms with E-state index < -0.39 is 37.1 Å². The van der Waals surface area contributed by atoms with Crippen LogP contribution in [0.1, 0.15) is 18.1 Å². The Morgan fingerprint density at radius 3 is 2.33 bits per heavy atom. The standard InChI is InChI=1S/C13H18O5/c14-7-11-13(17)12(16)9(15)6-10(18-11)8-4-2-1-3-5-8/h1-5,9-17H,6-7H2/t9-,10?,11+,12+,13+/m0/s1. The molecule has 4 N–H and O–H groups in total. The van der Waals surface area contributed by atoms with Crippen molar-refractivity contribution in [3.63, 3.8) is 0 Å². The van der Waals surface area contributed by atoms with E-state index in [4.69, 9.17) is 4.74 Å². The van der Waals surface area contributed by atoms with Gasteiger partial charge in [-0.25, -0.2) is 0 Å².